The van der Waals surface area contributed by atoms with Crippen molar-refractivity contribution in [1.29, 1.82) is 0 Å². The number of aliphatic carboxylic acids is 1. The summed E-state index contributed by atoms with van der Waals surface area (Å²) < 4.78 is 38.2. The standard InChI is InChI=1S/C16H15FN2O6S/c1-26(24,25)18(13-7-5-12(17)6-8-13)15(16(20)21)10-11-3-2-4-14(9-11)19(22)23/h2-9,15H,10H2,1H3,(H,20,21)/t15-/m1/s1. The van der Waals surface area contributed by atoms with Crippen LogP contribution in [-0.2, 0) is 21.2 Å². The number of sulfonamides is 1. The number of anilines is 1. The Labute approximate surface area is 148 Å². The second-order valence-electron chi connectivity index (χ2n) is 5.52. The summed E-state index contributed by atoms with van der Waals surface area (Å²) in [6, 6.07) is 8.05. The molecule has 1 atom stereocenters. The van der Waals surface area contributed by atoms with Crippen molar-refractivity contribution in [2.24, 2.45) is 0 Å². The fourth-order valence-corrected chi connectivity index (χ4v) is 3.61. The molecule has 0 saturated heterocycles. The fraction of sp³-hybridized carbons (Fsp3) is 0.188. The fourth-order valence-electron chi connectivity index (χ4n) is 2.48. The second-order valence-corrected chi connectivity index (χ2v) is 7.38. The zero-order valence-corrected chi connectivity index (χ0v) is 14.4. The molecule has 1 N–H and O–H groups in total. The van der Waals surface area contributed by atoms with Crippen molar-refractivity contribution in [1.82, 2.24) is 0 Å². The monoisotopic (exact) mass is 382 g/mol. The van der Waals surface area contributed by atoms with Crippen LogP contribution in [0.25, 0.3) is 0 Å². The van der Waals surface area contributed by atoms with Crippen LogP contribution in [0, 0.1) is 15.9 Å². The molecular weight excluding hydrogens is 367 g/mol. The minimum atomic E-state index is -4.03. The van der Waals surface area contributed by atoms with Gasteiger partial charge >= 0.3 is 5.97 Å². The lowest BCUT2D eigenvalue weighted by molar-refractivity contribution is -0.384. The van der Waals surface area contributed by atoms with Gasteiger partial charge in [0.05, 0.1) is 16.9 Å². The molecule has 10 heteroatoms. The van der Waals surface area contributed by atoms with Crippen LogP contribution in [0.5, 0.6) is 0 Å². The maximum Gasteiger partial charge on any atom is 0.327 e. The van der Waals surface area contributed by atoms with Crippen LogP contribution >= 0.6 is 0 Å². The van der Waals surface area contributed by atoms with E-state index in [1.807, 2.05) is 0 Å². The van der Waals surface area contributed by atoms with Gasteiger partial charge < -0.3 is 5.11 Å². The van der Waals surface area contributed by atoms with Gasteiger partial charge in [0.2, 0.25) is 10.0 Å². The Bertz CT molecular complexity index is 930. The van der Waals surface area contributed by atoms with E-state index in [0.29, 0.717) is 4.31 Å². The molecule has 26 heavy (non-hydrogen) atoms. The third-order valence-corrected chi connectivity index (χ3v) is 4.74. The number of rotatable bonds is 7. The Kier molecular flexibility index (Phi) is 5.56. The maximum atomic E-state index is 13.1. The van der Waals surface area contributed by atoms with Gasteiger partial charge in [-0.15, -0.1) is 0 Å². The van der Waals surface area contributed by atoms with E-state index in [0.717, 1.165) is 30.5 Å². The molecule has 0 radical (unpaired) electrons. The van der Waals surface area contributed by atoms with Gasteiger partial charge in [-0.05, 0) is 29.8 Å². The molecule has 0 bridgehead atoms. The van der Waals surface area contributed by atoms with Crippen LogP contribution in [0.2, 0.25) is 0 Å². The van der Waals surface area contributed by atoms with Crippen molar-refractivity contribution in [3.05, 3.63) is 70.0 Å². The summed E-state index contributed by atoms with van der Waals surface area (Å²) in [5, 5.41) is 20.4. The molecule has 0 unspecified atom stereocenters. The quantitative estimate of drug-likeness (QED) is 0.579. The van der Waals surface area contributed by atoms with Crippen LogP contribution in [-0.4, -0.2) is 36.7 Å². The summed E-state index contributed by atoms with van der Waals surface area (Å²) in [6.45, 7) is 0. The summed E-state index contributed by atoms with van der Waals surface area (Å²) >= 11 is 0. The normalized spacial score (nSPS) is 12.4. The predicted molar refractivity (Wildman–Crippen MR) is 91.9 cm³/mol. The first-order valence-corrected chi connectivity index (χ1v) is 9.15. The molecule has 0 aliphatic rings. The van der Waals surface area contributed by atoms with E-state index in [2.05, 4.69) is 0 Å². The van der Waals surface area contributed by atoms with Gasteiger partial charge in [-0.3, -0.25) is 14.4 Å². The summed E-state index contributed by atoms with van der Waals surface area (Å²) in [4.78, 5) is 22.0. The first-order chi connectivity index (χ1) is 12.1. The van der Waals surface area contributed by atoms with Gasteiger partial charge in [0.15, 0.2) is 0 Å². The molecule has 2 aromatic carbocycles. The molecule has 2 aromatic rings. The van der Waals surface area contributed by atoms with Crippen molar-refractivity contribution in [2.45, 2.75) is 12.5 Å². The van der Waals surface area contributed by atoms with Crippen LogP contribution in [0.15, 0.2) is 48.5 Å². The van der Waals surface area contributed by atoms with Gasteiger partial charge in [0.1, 0.15) is 11.9 Å². The van der Waals surface area contributed by atoms with Gasteiger partial charge in [0, 0.05) is 18.6 Å². The molecule has 0 heterocycles. The molecule has 138 valence electrons. The topological polar surface area (TPSA) is 118 Å². The largest absolute Gasteiger partial charge is 0.480 e. The predicted octanol–water partition coefficient (Wildman–Crippen LogP) is 2.20. The van der Waals surface area contributed by atoms with Crippen LogP contribution in [0.1, 0.15) is 5.56 Å². The summed E-state index contributed by atoms with van der Waals surface area (Å²) in [5.74, 6) is -2.04. The molecule has 0 aliphatic heterocycles. The number of benzene rings is 2. The minimum Gasteiger partial charge on any atom is -0.480 e. The summed E-state index contributed by atoms with van der Waals surface area (Å²) in [5.41, 5.74) is 0.0217. The number of halogens is 1. The number of hydrogen-bond donors (Lipinski definition) is 1. The molecule has 0 aromatic heterocycles. The van der Waals surface area contributed by atoms with Gasteiger partial charge in [-0.1, -0.05) is 12.1 Å². The smallest absolute Gasteiger partial charge is 0.327 e. The van der Waals surface area contributed by atoms with E-state index in [4.69, 9.17) is 0 Å². The maximum absolute atomic E-state index is 13.1. The summed E-state index contributed by atoms with van der Waals surface area (Å²) in [7, 11) is -4.03. The van der Waals surface area contributed by atoms with E-state index >= 15 is 0 Å². The van der Waals surface area contributed by atoms with Crippen LogP contribution < -0.4 is 4.31 Å². The number of carboxylic acids is 1. The van der Waals surface area contributed by atoms with Crippen molar-refractivity contribution in [3.8, 4) is 0 Å². The number of nitro benzene ring substituents is 1. The molecule has 8 nitrogen and oxygen atoms in total. The third kappa shape index (κ3) is 4.54. The highest BCUT2D eigenvalue weighted by atomic mass is 32.2. The lowest BCUT2D eigenvalue weighted by Gasteiger charge is -2.28. The Morgan fingerprint density at radius 2 is 1.88 bits per heavy atom. The van der Waals surface area contributed by atoms with E-state index in [-0.39, 0.29) is 23.4 Å². The Hall–Kier alpha value is -3.01. The van der Waals surface area contributed by atoms with Crippen LogP contribution in [0.4, 0.5) is 15.8 Å². The van der Waals surface area contributed by atoms with Crippen molar-refractivity contribution < 1.29 is 27.6 Å². The average molecular weight is 382 g/mol. The lowest BCUT2D eigenvalue weighted by Crippen LogP contribution is -2.46. The van der Waals surface area contributed by atoms with Gasteiger partial charge in [0.25, 0.3) is 5.69 Å². The number of carbonyl (C=O) groups is 1. The summed E-state index contributed by atoms with van der Waals surface area (Å²) in [6.07, 6.45) is 0.529. The minimum absolute atomic E-state index is 0.0215. The van der Waals surface area contributed by atoms with Crippen molar-refractivity contribution >= 4 is 27.4 Å². The Morgan fingerprint density at radius 1 is 1.27 bits per heavy atom. The van der Waals surface area contributed by atoms with E-state index in [1.165, 1.54) is 24.3 Å². The first kappa shape index (κ1) is 19.3. The SMILES string of the molecule is CS(=O)(=O)N(c1ccc(F)cc1)[C@H](Cc1cccc([N+](=O)[O-])c1)C(=O)O. The number of non-ortho nitro benzene ring substituents is 1. The number of nitrogens with zero attached hydrogens (tertiary/aromatic N) is 2. The Morgan fingerprint density at radius 3 is 2.38 bits per heavy atom. The molecule has 0 saturated carbocycles. The van der Waals surface area contributed by atoms with E-state index < -0.39 is 32.8 Å². The highest BCUT2D eigenvalue weighted by Crippen LogP contribution is 2.24. The number of hydrogen-bond acceptors (Lipinski definition) is 5. The highest BCUT2D eigenvalue weighted by molar-refractivity contribution is 7.92. The zero-order valence-electron chi connectivity index (χ0n) is 13.6. The molecule has 0 aliphatic carbocycles. The van der Waals surface area contributed by atoms with E-state index in [1.54, 1.807) is 0 Å². The third-order valence-electron chi connectivity index (χ3n) is 3.56. The number of nitro groups is 1. The molecule has 0 amide bonds. The molecule has 0 spiro atoms. The second kappa shape index (κ2) is 7.48. The Balaban J connectivity index is 2.48. The molecule has 0 fully saturated rings. The lowest BCUT2D eigenvalue weighted by atomic mass is 10.0. The van der Waals surface area contributed by atoms with Crippen molar-refractivity contribution in [3.63, 3.8) is 0 Å². The molecular formula is C16H15FN2O6S. The van der Waals surface area contributed by atoms with Gasteiger partial charge in [-0.2, -0.15) is 0 Å². The molecule has 2 rings (SSSR count). The highest BCUT2D eigenvalue weighted by Gasteiger charge is 2.33. The average Bonchev–Trinajstić information content (AvgIpc) is 2.55. The van der Waals surface area contributed by atoms with E-state index in [9.17, 15) is 32.8 Å². The first-order valence-electron chi connectivity index (χ1n) is 7.30. The van der Waals surface area contributed by atoms with Crippen LogP contribution in [0.3, 0.4) is 0 Å². The number of carboxylic acid groups (broad SMARTS) is 1. The van der Waals surface area contributed by atoms with Gasteiger partial charge in [-0.25, -0.2) is 17.6 Å². The zero-order chi connectivity index (χ0) is 19.5. The van der Waals surface area contributed by atoms with Crippen molar-refractivity contribution in [2.75, 3.05) is 10.6 Å².